The lowest BCUT2D eigenvalue weighted by Gasteiger charge is -2.63. The maximum Gasteiger partial charge on any atom is 0.302 e. The lowest BCUT2D eigenvalue weighted by atomic mass is 9.41. The molecule has 7 unspecified atom stereocenters. The second-order valence-corrected chi connectivity index (χ2v) is 14.2. The fourth-order valence-electron chi connectivity index (χ4n) is 10.2. The maximum atomic E-state index is 9.82. The van der Waals surface area contributed by atoms with Crippen LogP contribution in [-0.4, -0.2) is 19.7 Å². The topological polar surface area (TPSA) is 68.6 Å². The van der Waals surface area contributed by atoms with Gasteiger partial charge in [0.25, 0.3) is 6.26 Å². The summed E-state index contributed by atoms with van der Waals surface area (Å²) in [7, 11) is 1.68. The van der Waals surface area contributed by atoms with Gasteiger partial charge in [0.1, 0.15) is 11.5 Å². The summed E-state index contributed by atoms with van der Waals surface area (Å²) in [5, 5.41) is 9.05. The molecule has 0 aliphatic heterocycles. The molecule has 0 heterocycles. The Hall–Kier alpha value is -3.00. The predicted octanol–water partition coefficient (Wildman–Crippen LogP) is 10.2. The van der Waals surface area contributed by atoms with Gasteiger partial charge in [-0.15, -0.1) is 5.26 Å². The van der Waals surface area contributed by atoms with Crippen LogP contribution >= 0.6 is 0 Å². The Morgan fingerprint density at radius 1 is 1.04 bits per heavy atom. The van der Waals surface area contributed by atoms with Crippen molar-refractivity contribution >= 4 is 5.97 Å². The van der Waals surface area contributed by atoms with Gasteiger partial charge < -0.3 is 14.2 Å². The molecule has 6 rings (SSSR count). The van der Waals surface area contributed by atoms with Crippen LogP contribution in [0.4, 0.5) is 0 Å². The van der Waals surface area contributed by atoms with E-state index in [-0.39, 0.29) is 11.4 Å². The molecule has 5 nitrogen and oxygen atoms in total. The third kappa shape index (κ3) is 6.24. The van der Waals surface area contributed by atoms with E-state index in [1.54, 1.807) is 36.8 Å². The Morgan fingerprint density at radius 2 is 1.78 bits per heavy atom. The van der Waals surface area contributed by atoms with Crippen molar-refractivity contribution in [1.29, 1.82) is 5.26 Å². The first-order valence-corrected chi connectivity index (χ1v) is 17.5. The molecule has 2 saturated carbocycles. The first-order chi connectivity index (χ1) is 21.6. The summed E-state index contributed by atoms with van der Waals surface area (Å²) in [5.74, 6) is 4.21. The summed E-state index contributed by atoms with van der Waals surface area (Å²) in [6, 6.07) is 5.91. The van der Waals surface area contributed by atoms with Gasteiger partial charge >= 0.3 is 5.97 Å². The van der Waals surface area contributed by atoms with E-state index in [2.05, 4.69) is 56.7 Å². The molecule has 0 amide bonds. The fraction of sp³-hybridized carbons (Fsp3) is 0.650. The number of hydrogen-bond acceptors (Lipinski definition) is 5. The van der Waals surface area contributed by atoms with Gasteiger partial charge in [0, 0.05) is 18.4 Å². The molecular weight excluding hydrogens is 558 g/mol. The zero-order valence-electron chi connectivity index (χ0n) is 29.4. The summed E-state index contributed by atoms with van der Waals surface area (Å²) in [4.78, 5) is 9.82. The highest BCUT2D eigenvalue weighted by molar-refractivity contribution is 5.65. The fourth-order valence-corrected chi connectivity index (χ4v) is 10.2. The summed E-state index contributed by atoms with van der Waals surface area (Å²) in [6.45, 7) is 17.7. The molecule has 0 radical (unpaired) electrons. The van der Waals surface area contributed by atoms with E-state index in [4.69, 9.17) is 14.7 Å². The van der Waals surface area contributed by atoms with E-state index in [1.165, 1.54) is 57.4 Å². The minimum Gasteiger partial charge on any atom is -0.497 e. The number of ether oxygens (including phenoxy) is 3. The molecule has 2 fully saturated rings. The van der Waals surface area contributed by atoms with Crippen LogP contribution in [0, 0.1) is 51.4 Å². The van der Waals surface area contributed by atoms with Crippen LogP contribution < -0.4 is 9.47 Å². The highest BCUT2D eigenvalue weighted by atomic mass is 16.5. The standard InChI is InChI=1S/C34H43NO2.C4H8O2.C2H6/c1-22-17-29-23(2)34(29)30-12-11-25-9-7-6-8-10-28(25)33(30,4)16-14-31(34)32(22,3)15-13-24-18-26(36-5)20-27(19-24)37-21-35;1-3-6-4(2)5;1-2/h8,10,17-20,25,28,30-31H,6-7,9,11-16H2,1-5H3;3H2,1-2H3;1-2H3. The van der Waals surface area contributed by atoms with E-state index in [0.29, 0.717) is 29.1 Å². The largest absolute Gasteiger partial charge is 0.497 e. The van der Waals surface area contributed by atoms with Gasteiger partial charge in [-0.1, -0.05) is 57.1 Å². The van der Waals surface area contributed by atoms with Crippen molar-refractivity contribution in [1.82, 2.24) is 0 Å². The van der Waals surface area contributed by atoms with Crippen molar-refractivity contribution in [3.8, 4) is 17.8 Å². The molecule has 7 atom stereocenters. The van der Waals surface area contributed by atoms with Crippen LogP contribution in [-0.2, 0) is 16.0 Å². The average Bonchev–Trinajstić information content (AvgIpc) is 3.68. The normalized spacial score (nSPS) is 33.8. The van der Waals surface area contributed by atoms with Gasteiger partial charge in [0.05, 0.1) is 13.7 Å². The Morgan fingerprint density at radius 3 is 2.42 bits per heavy atom. The van der Waals surface area contributed by atoms with Crippen molar-refractivity contribution < 1.29 is 19.0 Å². The van der Waals surface area contributed by atoms with Crippen molar-refractivity contribution in [2.45, 2.75) is 113 Å². The third-order valence-electron chi connectivity index (χ3n) is 12.3. The number of allylic oxidation sites excluding steroid dienone is 6. The molecule has 0 bridgehead atoms. The van der Waals surface area contributed by atoms with Crippen molar-refractivity contribution in [2.24, 2.45) is 39.9 Å². The number of hydrogen-bond donors (Lipinski definition) is 0. The lowest BCUT2D eigenvalue weighted by molar-refractivity contribution is -0.140. The number of esters is 1. The molecule has 5 aliphatic carbocycles. The van der Waals surface area contributed by atoms with Gasteiger partial charge in [0.2, 0.25) is 0 Å². The maximum absolute atomic E-state index is 9.82. The molecule has 0 aromatic heterocycles. The van der Waals surface area contributed by atoms with E-state index < -0.39 is 0 Å². The third-order valence-corrected chi connectivity index (χ3v) is 12.3. The monoisotopic (exact) mass is 615 g/mol. The number of methoxy groups -OCH3 is 1. The van der Waals surface area contributed by atoms with E-state index in [1.807, 2.05) is 26.2 Å². The van der Waals surface area contributed by atoms with Gasteiger partial charge in [-0.25, -0.2) is 0 Å². The van der Waals surface area contributed by atoms with Crippen LogP contribution in [0.5, 0.6) is 11.5 Å². The Balaban J connectivity index is 0.000000519. The van der Waals surface area contributed by atoms with Crippen LogP contribution in [0.25, 0.3) is 0 Å². The van der Waals surface area contributed by atoms with Gasteiger partial charge in [0.15, 0.2) is 0 Å². The van der Waals surface area contributed by atoms with Gasteiger partial charge in [-0.05, 0) is 136 Å². The first-order valence-electron chi connectivity index (χ1n) is 17.5. The highest BCUT2D eigenvalue weighted by Crippen LogP contribution is 2.79. The smallest absolute Gasteiger partial charge is 0.302 e. The second-order valence-electron chi connectivity index (χ2n) is 14.2. The molecule has 1 spiro atoms. The van der Waals surface area contributed by atoms with Crippen LogP contribution in [0.1, 0.15) is 112 Å². The van der Waals surface area contributed by atoms with Gasteiger partial charge in [-0.3, -0.25) is 4.79 Å². The summed E-state index contributed by atoms with van der Waals surface area (Å²) >= 11 is 0. The Labute approximate surface area is 273 Å². The SMILES string of the molecule is CC.CCOC(C)=O.COc1cc(CCC2(C)C(C)=CC3=C(C)C34C2CCC2(C)C3C=CCCCC3CCC24)cc(OC#N)c1. The number of aryl methyl sites for hydroxylation is 1. The minimum atomic E-state index is -0.211. The molecule has 246 valence electrons. The quantitative estimate of drug-likeness (QED) is 0.181. The van der Waals surface area contributed by atoms with E-state index >= 15 is 0 Å². The number of carbonyl (C=O) groups is 1. The number of carbonyl (C=O) groups excluding carboxylic acids is 1. The number of nitriles is 1. The minimum absolute atomic E-state index is 0.165. The summed E-state index contributed by atoms with van der Waals surface area (Å²) < 4.78 is 15.1. The van der Waals surface area contributed by atoms with Gasteiger partial charge in [-0.2, -0.15) is 0 Å². The van der Waals surface area contributed by atoms with E-state index in [9.17, 15) is 4.79 Å². The van der Waals surface area contributed by atoms with Crippen LogP contribution in [0.2, 0.25) is 0 Å². The second kappa shape index (κ2) is 14.2. The zero-order valence-corrected chi connectivity index (χ0v) is 29.4. The highest BCUT2D eigenvalue weighted by Gasteiger charge is 2.71. The molecule has 45 heavy (non-hydrogen) atoms. The molecule has 1 aromatic carbocycles. The number of rotatable bonds is 6. The molecule has 5 aliphatic rings. The number of nitrogens with zero attached hydrogens (tertiary/aromatic N) is 1. The Kier molecular flexibility index (Phi) is 11.0. The summed E-state index contributed by atoms with van der Waals surface area (Å²) in [6.07, 6.45) is 21.2. The molecule has 0 N–H and O–H groups in total. The van der Waals surface area contributed by atoms with E-state index in [0.717, 1.165) is 36.3 Å². The van der Waals surface area contributed by atoms with Crippen molar-refractivity contribution in [3.05, 3.63) is 58.7 Å². The lowest BCUT2D eigenvalue weighted by Crippen LogP contribution is -2.56. The number of benzene rings is 1. The molecule has 0 saturated heterocycles. The molecular formula is C40H57NO4. The molecule has 1 aromatic rings. The first kappa shape index (κ1) is 34.9. The average molecular weight is 616 g/mol. The summed E-state index contributed by atoms with van der Waals surface area (Å²) in [5.41, 5.74) is 7.05. The van der Waals surface area contributed by atoms with Crippen LogP contribution in [0.15, 0.2) is 53.1 Å². The predicted molar refractivity (Wildman–Crippen MR) is 182 cm³/mol. The zero-order chi connectivity index (χ0) is 33.0. The van der Waals surface area contributed by atoms with Crippen LogP contribution in [0.3, 0.4) is 0 Å². The van der Waals surface area contributed by atoms with Crippen molar-refractivity contribution in [3.63, 3.8) is 0 Å². The van der Waals surface area contributed by atoms with Crippen molar-refractivity contribution in [2.75, 3.05) is 13.7 Å². The number of fused-ring (bicyclic) bond motifs is 3. The molecule has 5 heteroatoms. The Bertz CT molecular complexity index is 1370.